The van der Waals surface area contributed by atoms with Crippen molar-refractivity contribution >= 4 is 11.9 Å². The highest BCUT2D eigenvalue weighted by atomic mass is 16.0. The average Bonchev–Trinajstić information content (AvgIpc) is 2.38. The van der Waals surface area contributed by atoms with Gasteiger partial charge in [-0.05, 0) is 6.07 Å². The third-order valence-electron chi connectivity index (χ3n) is 1.80. The highest BCUT2D eigenvalue weighted by molar-refractivity contribution is 5.89. The van der Waals surface area contributed by atoms with Crippen LogP contribution in [-0.4, -0.2) is 11.7 Å². The molecule has 1 aromatic rings. The van der Waals surface area contributed by atoms with E-state index < -0.39 is 0 Å². The summed E-state index contributed by atoms with van der Waals surface area (Å²) in [6.07, 6.45) is 3.42. The molecule has 74 valence electrons. The minimum absolute atomic E-state index is 0. The highest BCUT2D eigenvalue weighted by Gasteiger charge is 2.03. The fraction of sp³-hybridized carbons (Fsp3) is 0. The fourth-order valence-electron chi connectivity index (χ4n) is 1.17. The Morgan fingerprint density at radius 1 is 1.29 bits per heavy atom. The van der Waals surface area contributed by atoms with Crippen LogP contribution in [0.3, 0.4) is 0 Å². The first-order chi connectivity index (χ1) is 6.40. The van der Waals surface area contributed by atoms with Crippen LogP contribution in [0, 0.1) is 0 Å². The monoisotopic (exact) mass is 192 g/mol. The predicted molar refractivity (Wildman–Crippen MR) is 56.7 cm³/mol. The zero-order valence-electron chi connectivity index (χ0n) is 7.49. The van der Waals surface area contributed by atoms with Crippen molar-refractivity contribution < 1.29 is 5.48 Å². The number of para-hydroxylation sites is 1. The van der Waals surface area contributed by atoms with Crippen molar-refractivity contribution in [3.8, 4) is 0 Å². The maximum absolute atomic E-state index is 5.28. The van der Waals surface area contributed by atoms with E-state index in [0.717, 1.165) is 11.3 Å². The van der Waals surface area contributed by atoms with Gasteiger partial charge in [-0.2, -0.15) is 0 Å². The summed E-state index contributed by atoms with van der Waals surface area (Å²) in [4.78, 5) is 4.07. The van der Waals surface area contributed by atoms with Crippen molar-refractivity contribution in [3.05, 3.63) is 41.8 Å². The normalized spacial score (nSPS) is 12.8. The smallest absolute Gasteiger partial charge is 0.136 e. The molecule has 0 unspecified atom stereocenters. The Kier molecular flexibility index (Phi) is 3.22. The number of rotatable bonds is 1. The van der Waals surface area contributed by atoms with E-state index in [0.29, 0.717) is 5.82 Å². The number of fused-ring (bicyclic) bond motifs is 1. The Morgan fingerprint density at radius 2 is 2.07 bits per heavy atom. The van der Waals surface area contributed by atoms with Crippen LogP contribution in [0.25, 0.3) is 0 Å². The molecule has 5 nitrogen and oxygen atoms in total. The summed E-state index contributed by atoms with van der Waals surface area (Å²) in [5.74, 6) is 5.96. The van der Waals surface area contributed by atoms with Crippen molar-refractivity contribution in [2.75, 3.05) is 5.32 Å². The van der Waals surface area contributed by atoms with Gasteiger partial charge in [0.15, 0.2) is 0 Å². The van der Waals surface area contributed by atoms with Gasteiger partial charge in [0, 0.05) is 17.5 Å². The van der Waals surface area contributed by atoms with Crippen LogP contribution in [0.1, 0.15) is 5.56 Å². The molecule has 1 aromatic carbocycles. The maximum atomic E-state index is 5.28. The molecule has 0 bridgehead atoms. The van der Waals surface area contributed by atoms with Crippen LogP contribution in [0.15, 0.2) is 41.3 Å². The molecule has 14 heavy (non-hydrogen) atoms. The van der Waals surface area contributed by atoms with Gasteiger partial charge in [0.05, 0.1) is 6.20 Å². The zero-order valence-corrected chi connectivity index (χ0v) is 7.49. The zero-order chi connectivity index (χ0) is 9.10. The van der Waals surface area contributed by atoms with Crippen LogP contribution >= 0.6 is 0 Å². The molecular weight excluding hydrogens is 180 g/mol. The summed E-state index contributed by atoms with van der Waals surface area (Å²) in [6, 6.07) is 7.88. The molecule has 0 radical (unpaired) electrons. The highest BCUT2D eigenvalue weighted by Crippen LogP contribution is 2.16. The van der Waals surface area contributed by atoms with Crippen LogP contribution in [0.2, 0.25) is 0 Å². The number of hydrogen-bond acceptors (Lipinski definition) is 4. The second kappa shape index (κ2) is 4.40. The van der Waals surface area contributed by atoms with Gasteiger partial charge >= 0.3 is 0 Å². The van der Waals surface area contributed by atoms with E-state index in [4.69, 9.17) is 5.84 Å². The van der Waals surface area contributed by atoms with E-state index in [1.165, 1.54) is 0 Å². The Balaban J connectivity index is 0.000000980. The van der Waals surface area contributed by atoms with E-state index in [2.05, 4.69) is 15.7 Å². The maximum Gasteiger partial charge on any atom is 0.136 e. The van der Waals surface area contributed by atoms with E-state index >= 15 is 0 Å². The summed E-state index contributed by atoms with van der Waals surface area (Å²) < 4.78 is 0. The molecule has 5 heteroatoms. The minimum atomic E-state index is 0. The van der Waals surface area contributed by atoms with Crippen molar-refractivity contribution in [2.45, 2.75) is 0 Å². The minimum Gasteiger partial charge on any atom is -0.412 e. The lowest BCUT2D eigenvalue weighted by Gasteiger charge is -2.08. The first kappa shape index (κ1) is 10.2. The number of hydrazine groups is 1. The average molecular weight is 192 g/mol. The second-order valence-corrected chi connectivity index (χ2v) is 2.68. The molecule has 0 amide bonds. The van der Waals surface area contributed by atoms with Crippen molar-refractivity contribution in [1.29, 1.82) is 0 Å². The summed E-state index contributed by atoms with van der Waals surface area (Å²) in [7, 11) is 0. The van der Waals surface area contributed by atoms with E-state index in [9.17, 15) is 0 Å². The lowest BCUT2D eigenvalue weighted by atomic mass is 10.2. The molecule has 0 aliphatic carbocycles. The lowest BCUT2D eigenvalue weighted by Crippen LogP contribution is -2.25. The van der Waals surface area contributed by atoms with Gasteiger partial charge in [0.25, 0.3) is 0 Å². The van der Waals surface area contributed by atoms with Crippen molar-refractivity contribution in [2.24, 2.45) is 10.8 Å². The lowest BCUT2D eigenvalue weighted by molar-refractivity contribution is 0.824. The van der Waals surface area contributed by atoms with Crippen LogP contribution < -0.4 is 16.6 Å². The molecule has 6 N–H and O–H groups in total. The van der Waals surface area contributed by atoms with Gasteiger partial charge in [0.1, 0.15) is 5.82 Å². The van der Waals surface area contributed by atoms with Gasteiger partial charge in [-0.15, -0.1) is 0 Å². The van der Waals surface area contributed by atoms with E-state index in [-0.39, 0.29) is 5.48 Å². The SMILES string of the molecule is NNC1=CN=Cc2ccccc2N1.O. The molecule has 0 saturated carbocycles. The molecule has 0 fully saturated rings. The summed E-state index contributed by atoms with van der Waals surface area (Å²) in [5.41, 5.74) is 4.56. The van der Waals surface area contributed by atoms with Crippen molar-refractivity contribution in [1.82, 2.24) is 5.43 Å². The van der Waals surface area contributed by atoms with Gasteiger partial charge < -0.3 is 16.2 Å². The number of benzene rings is 1. The van der Waals surface area contributed by atoms with Gasteiger partial charge in [-0.3, -0.25) is 4.99 Å². The third kappa shape index (κ3) is 1.90. The molecule has 0 atom stereocenters. The Morgan fingerprint density at radius 3 is 2.86 bits per heavy atom. The summed E-state index contributed by atoms with van der Waals surface area (Å²) >= 11 is 0. The number of nitrogens with one attached hydrogen (secondary N) is 2. The van der Waals surface area contributed by atoms with Gasteiger partial charge in [0.2, 0.25) is 0 Å². The Bertz CT molecular complexity index is 373. The number of nitrogens with zero attached hydrogens (tertiary/aromatic N) is 1. The number of anilines is 1. The Labute approximate surface area is 81.6 Å². The molecule has 1 aliphatic rings. The molecule has 1 aliphatic heterocycles. The third-order valence-corrected chi connectivity index (χ3v) is 1.80. The van der Waals surface area contributed by atoms with Gasteiger partial charge in [-0.1, -0.05) is 18.2 Å². The fourth-order valence-corrected chi connectivity index (χ4v) is 1.17. The van der Waals surface area contributed by atoms with E-state index in [1.54, 1.807) is 12.4 Å². The standard InChI is InChI=1S/C9H10N4.H2O/c10-13-9-6-11-5-7-3-1-2-4-8(7)12-9;/h1-6,12-13H,10H2;1H2. The topological polar surface area (TPSA) is 93.9 Å². The van der Waals surface area contributed by atoms with Gasteiger partial charge in [-0.25, -0.2) is 5.84 Å². The van der Waals surface area contributed by atoms with Crippen LogP contribution in [0.5, 0.6) is 0 Å². The largest absolute Gasteiger partial charge is 0.412 e. The molecule has 1 heterocycles. The first-order valence-electron chi connectivity index (χ1n) is 3.96. The quantitative estimate of drug-likeness (QED) is 0.430. The molecule has 0 saturated heterocycles. The number of nitrogens with two attached hydrogens (primary N) is 1. The summed E-state index contributed by atoms with van der Waals surface area (Å²) in [5, 5.41) is 3.11. The molecular formula is C9H12N4O. The number of hydrogen-bond donors (Lipinski definition) is 3. The predicted octanol–water partition coefficient (Wildman–Crippen LogP) is -0.0315. The summed E-state index contributed by atoms with van der Waals surface area (Å²) in [6.45, 7) is 0. The molecule has 0 spiro atoms. The molecule has 2 rings (SSSR count). The van der Waals surface area contributed by atoms with Crippen LogP contribution in [0.4, 0.5) is 5.69 Å². The molecule has 0 aromatic heterocycles. The van der Waals surface area contributed by atoms with Crippen molar-refractivity contribution in [3.63, 3.8) is 0 Å². The number of aliphatic imine (C=N–C) groups is 1. The first-order valence-corrected chi connectivity index (χ1v) is 3.96. The van der Waals surface area contributed by atoms with E-state index in [1.807, 2.05) is 24.3 Å². The Hall–Kier alpha value is -1.85. The second-order valence-electron chi connectivity index (χ2n) is 2.68. The van der Waals surface area contributed by atoms with Crippen LogP contribution in [-0.2, 0) is 0 Å².